The van der Waals surface area contributed by atoms with Crippen LogP contribution in [0.3, 0.4) is 0 Å². The standard InChI is InChI=1S/C19H26O4/c1-4-7-19(11-13-5-6-15(19)8-13)23-18(21)14-9-16(10-14)22-17(20)12(2)3/h9,13-15H,2,4-8,10-11H2,1,3H3. The maximum Gasteiger partial charge on any atom is 0.338 e. The molecule has 0 radical (unpaired) electrons. The second kappa shape index (κ2) is 6.14. The van der Waals surface area contributed by atoms with Crippen molar-refractivity contribution in [1.29, 1.82) is 0 Å². The van der Waals surface area contributed by atoms with Crippen molar-refractivity contribution in [1.82, 2.24) is 0 Å². The van der Waals surface area contributed by atoms with E-state index in [-0.39, 0.29) is 17.5 Å². The molecule has 4 heteroatoms. The zero-order valence-electron chi connectivity index (χ0n) is 14.1. The first-order valence-corrected chi connectivity index (χ1v) is 8.74. The Balaban J connectivity index is 1.58. The lowest BCUT2D eigenvalue weighted by Gasteiger charge is -2.38. The van der Waals surface area contributed by atoms with Crippen molar-refractivity contribution < 1.29 is 19.1 Å². The Bertz CT molecular complexity index is 562. The van der Waals surface area contributed by atoms with Gasteiger partial charge in [0.1, 0.15) is 11.4 Å². The molecule has 23 heavy (non-hydrogen) atoms. The predicted octanol–water partition coefficient (Wildman–Crippen LogP) is 3.91. The summed E-state index contributed by atoms with van der Waals surface area (Å²) in [4.78, 5) is 23.9. The highest BCUT2D eigenvalue weighted by atomic mass is 16.6. The largest absolute Gasteiger partial charge is 0.458 e. The molecule has 0 aromatic rings. The van der Waals surface area contributed by atoms with Gasteiger partial charge in [-0.05, 0) is 56.9 Å². The molecule has 3 aliphatic rings. The summed E-state index contributed by atoms with van der Waals surface area (Å²) in [5.74, 6) is 0.984. The van der Waals surface area contributed by atoms with Gasteiger partial charge in [-0.25, -0.2) is 4.79 Å². The molecule has 126 valence electrons. The summed E-state index contributed by atoms with van der Waals surface area (Å²) in [6, 6.07) is 0. The molecule has 4 unspecified atom stereocenters. The quantitative estimate of drug-likeness (QED) is 0.550. The molecule has 0 heterocycles. The predicted molar refractivity (Wildman–Crippen MR) is 86.3 cm³/mol. The molecule has 0 saturated heterocycles. The van der Waals surface area contributed by atoms with Gasteiger partial charge in [0.25, 0.3) is 0 Å². The highest BCUT2D eigenvalue weighted by molar-refractivity contribution is 5.88. The topological polar surface area (TPSA) is 52.6 Å². The Morgan fingerprint density at radius 2 is 2.13 bits per heavy atom. The Morgan fingerprint density at radius 1 is 1.39 bits per heavy atom. The van der Waals surface area contributed by atoms with Crippen LogP contribution in [-0.2, 0) is 19.1 Å². The minimum Gasteiger partial charge on any atom is -0.458 e. The van der Waals surface area contributed by atoms with E-state index in [9.17, 15) is 9.59 Å². The van der Waals surface area contributed by atoms with Gasteiger partial charge < -0.3 is 9.47 Å². The summed E-state index contributed by atoms with van der Waals surface area (Å²) >= 11 is 0. The number of ether oxygens (including phenoxy) is 2. The molecule has 0 N–H and O–H groups in total. The van der Waals surface area contributed by atoms with E-state index in [4.69, 9.17) is 9.47 Å². The number of hydrogen-bond donors (Lipinski definition) is 0. The van der Waals surface area contributed by atoms with E-state index in [0.29, 0.717) is 23.7 Å². The third kappa shape index (κ3) is 3.08. The van der Waals surface area contributed by atoms with Crippen molar-refractivity contribution in [2.75, 3.05) is 0 Å². The Kier molecular flexibility index (Phi) is 4.35. The molecule has 3 rings (SSSR count). The van der Waals surface area contributed by atoms with Crippen LogP contribution in [0.2, 0.25) is 0 Å². The van der Waals surface area contributed by atoms with Gasteiger partial charge in [0.2, 0.25) is 0 Å². The average Bonchev–Trinajstić information content (AvgIpc) is 3.02. The Hall–Kier alpha value is -1.58. The molecule has 2 fully saturated rings. The van der Waals surface area contributed by atoms with Crippen LogP contribution in [0.5, 0.6) is 0 Å². The van der Waals surface area contributed by atoms with E-state index in [0.717, 1.165) is 25.2 Å². The highest BCUT2D eigenvalue weighted by Crippen LogP contribution is 2.55. The highest BCUT2D eigenvalue weighted by Gasteiger charge is 2.53. The van der Waals surface area contributed by atoms with Gasteiger partial charge in [-0.2, -0.15) is 0 Å². The van der Waals surface area contributed by atoms with Crippen molar-refractivity contribution in [2.45, 2.75) is 64.4 Å². The maximum atomic E-state index is 12.5. The van der Waals surface area contributed by atoms with Crippen LogP contribution in [0, 0.1) is 17.8 Å². The fraction of sp³-hybridized carbons (Fsp3) is 0.684. The molecule has 0 spiro atoms. The van der Waals surface area contributed by atoms with Crippen molar-refractivity contribution in [3.63, 3.8) is 0 Å². The average molecular weight is 318 g/mol. The molecule has 0 aromatic heterocycles. The zero-order valence-corrected chi connectivity index (χ0v) is 14.1. The van der Waals surface area contributed by atoms with Crippen LogP contribution in [0.15, 0.2) is 24.0 Å². The third-order valence-electron chi connectivity index (χ3n) is 5.58. The normalized spacial score (nSPS) is 34.5. The van der Waals surface area contributed by atoms with E-state index in [1.54, 1.807) is 13.0 Å². The van der Waals surface area contributed by atoms with Gasteiger partial charge >= 0.3 is 11.9 Å². The molecule has 4 nitrogen and oxygen atoms in total. The van der Waals surface area contributed by atoms with Crippen LogP contribution in [0.1, 0.15) is 58.8 Å². The number of carbonyl (C=O) groups excluding carboxylic acids is 2. The van der Waals surface area contributed by atoms with Crippen LogP contribution < -0.4 is 0 Å². The van der Waals surface area contributed by atoms with Gasteiger partial charge in [0, 0.05) is 12.0 Å². The first kappa shape index (κ1) is 16.3. The summed E-state index contributed by atoms with van der Waals surface area (Å²) in [6.45, 7) is 7.31. The monoisotopic (exact) mass is 318 g/mol. The van der Waals surface area contributed by atoms with Gasteiger partial charge in [0.15, 0.2) is 0 Å². The lowest BCUT2D eigenvalue weighted by molar-refractivity contribution is -0.172. The van der Waals surface area contributed by atoms with Crippen LogP contribution >= 0.6 is 0 Å². The van der Waals surface area contributed by atoms with Gasteiger partial charge in [0.05, 0.1) is 5.92 Å². The minimum atomic E-state index is -0.432. The summed E-state index contributed by atoms with van der Waals surface area (Å²) in [5, 5.41) is 0. The van der Waals surface area contributed by atoms with E-state index < -0.39 is 5.97 Å². The number of allylic oxidation sites excluding steroid dienone is 1. The van der Waals surface area contributed by atoms with Crippen molar-refractivity contribution in [3.05, 3.63) is 24.0 Å². The molecule has 2 saturated carbocycles. The van der Waals surface area contributed by atoms with Crippen LogP contribution in [0.4, 0.5) is 0 Å². The number of carbonyl (C=O) groups is 2. The summed E-state index contributed by atoms with van der Waals surface area (Å²) in [6.07, 6.45) is 8.90. The molecule has 0 aliphatic heterocycles. The second-order valence-electron chi connectivity index (χ2n) is 7.43. The SMILES string of the molecule is C=C(C)C(=O)OC1=CC(C(=O)OC2(CCC)CC3CCC2C3)C1. The molecule has 0 amide bonds. The van der Waals surface area contributed by atoms with Crippen LogP contribution in [0.25, 0.3) is 0 Å². The lowest BCUT2D eigenvalue weighted by Crippen LogP contribution is -2.42. The number of fused-ring (bicyclic) bond motifs is 2. The Morgan fingerprint density at radius 3 is 2.65 bits per heavy atom. The van der Waals surface area contributed by atoms with Gasteiger partial charge in [-0.15, -0.1) is 0 Å². The maximum absolute atomic E-state index is 12.5. The molecular formula is C19H26O4. The van der Waals surface area contributed by atoms with E-state index >= 15 is 0 Å². The fourth-order valence-electron chi connectivity index (χ4n) is 4.42. The summed E-state index contributed by atoms with van der Waals surface area (Å²) in [7, 11) is 0. The zero-order chi connectivity index (χ0) is 16.6. The third-order valence-corrected chi connectivity index (χ3v) is 5.58. The number of esters is 2. The van der Waals surface area contributed by atoms with Crippen molar-refractivity contribution in [3.8, 4) is 0 Å². The van der Waals surface area contributed by atoms with Crippen molar-refractivity contribution >= 4 is 11.9 Å². The second-order valence-corrected chi connectivity index (χ2v) is 7.43. The molecule has 3 aliphatic carbocycles. The van der Waals surface area contributed by atoms with Gasteiger partial charge in [-0.1, -0.05) is 19.9 Å². The number of rotatable bonds is 6. The smallest absolute Gasteiger partial charge is 0.338 e. The summed E-state index contributed by atoms with van der Waals surface area (Å²) < 4.78 is 11.2. The first-order chi connectivity index (χ1) is 10.9. The molecule has 2 bridgehead atoms. The van der Waals surface area contributed by atoms with E-state index in [1.807, 2.05) is 0 Å². The molecule has 0 aromatic carbocycles. The first-order valence-electron chi connectivity index (χ1n) is 8.74. The fourth-order valence-corrected chi connectivity index (χ4v) is 4.42. The Labute approximate surface area is 137 Å². The van der Waals surface area contributed by atoms with Gasteiger partial charge in [-0.3, -0.25) is 4.79 Å². The molecule has 4 atom stereocenters. The van der Waals surface area contributed by atoms with E-state index in [2.05, 4.69) is 13.5 Å². The van der Waals surface area contributed by atoms with Crippen LogP contribution in [-0.4, -0.2) is 17.5 Å². The summed E-state index contributed by atoms with van der Waals surface area (Å²) in [5.41, 5.74) is 0.132. The van der Waals surface area contributed by atoms with Crippen molar-refractivity contribution in [2.24, 2.45) is 17.8 Å². The lowest BCUT2D eigenvalue weighted by atomic mass is 9.80. The number of hydrogen-bond acceptors (Lipinski definition) is 4. The van der Waals surface area contributed by atoms with E-state index in [1.165, 1.54) is 19.3 Å². The minimum absolute atomic E-state index is 0.152. The molecular weight excluding hydrogens is 292 g/mol.